The van der Waals surface area contributed by atoms with Crippen LogP contribution in [0, 0.1) is 0 Å². The van der Waals surface area contributed by atoms with Gasteiger partial charge in [0, 0.05) is 51.2 Å². The van der Waals surface area contributed by atoms with Crippen molar-refractivity contribution in [3.05, 3.63) is 18.7 Å². The third-order valence-electron chi connectivity index (χ3n) is 2.35. The second-order valence-electron chi connectivity index (χ2n) is 4.00. The highest BCUT2D eigenvalue weighted by molar-refractivity contribution is 6.60. The lowest BCUT2D eigenvalue weighted by molar-refractivity contribution is 0.0712. The maximum Gasteiger partial charge on any atom is 0.500 e. The molecule has 0 amide bonds. The van der Waals surface area contributed by atoms with Crippen LogP contribution in [0.2, 0.25) is 6.04 Å². The normalized spacial score (nSPS) is 11.1. The molecule has 0 aliphatic heterocycles. The van der Waals surface area contributed by atoms with E-state index in [0.717, 1.165) is 12.5 Å². The molecular weight excluding hydrogens is 296 g/mol. The average molecular weight is 323 g/mol. The highest BCUT2D eigenvalue weighted by atomic mass is 35.5. The van der Waals surface area contributed by atoms with Crippen LogP contribution < -0.4 is 0 Å². The molecule has 0 spiro atoms. The van der Waals surface area contributed by atoms with E-state index in [9.17, 15) is 0 Å². The van der Waals surface area contributed by atoms with E-state index in [1.807, 2.05) is 38.6 Å². The van der Waals surface area contributed by atoms with Gasteiger partial charge >= 0.3 is 8.80 Å². The molecule has 1 rings (SSSR count). The molecule has 1 aromatic rings. The highest BCUT2D eigenvalue weighted by Gasteiger charge is 2.39. The zero-order valence-corrected chi connectivity index (χ0v) is 14.7. The average Bonchev–Trinajstić information content (AvgIpc) is 2.89. The van der Waals surface area contributed by atoms with Gasteiger partial charge in [0.25, 0.3) is 0 Å². The summed E-state index contributed by atoms with van der Waals surface area (Å²) >= 11 is 5.66. The smallest absolute Gasteiger partial charge is 0.374 e. The fourth-order valence-corrected chi connectivity index (χ4v) is 4.58. The molecular formula is C13H27ClN2O3Si. The number of rotatable bonds is 9. The zero-order chi connectivity index (χ0) is 15.3. The van der Waals surface area contributed by atoms with Gasteiger partial charge in [0.05, 0.1) is 6.33 Å². The molecule has 0 atom stereocenters. The summed E-state index contributed by atoms with van der Waals surface area (Å²) in [6.07, 6.45) is 6.27. The first-order chi connectivity index (χ1) is 9.64. The van der Waals surface area contributed by atoms with Crippen molar-refractivity contribution < 1.29 is 13.3 Å². The van der Waals surface area contributed by atoms with Crippen LogP contribution in [0.15, 0.2) is 18.7 Å². The van der Waals surface area contributed by atoms with Crippen molar-refractivity contribution in [1.82, 2.24) is 9.55 Å². The molecule has 0 aliphatic carbocycles. The van der Waals surface area contributed by atoms with Gasteiger partial charge in [-0.1, -0.05) is 0 Å². The summed E-state index contributed by atoms with van der Waals surface area (Å²) in [6.45, 7) is 7.78. The van der Waals surface area contributed by atoms with Crippen molar-refractivity contribution in [2.24, 2.45) is 7.05 Å². The number of halogens is 1. The summed E-state index contributed by atoms with van der Waals surface area (Å²) in [7, 11) is -0.463. The molecule has 118 valence electrons. The Morgan fingerprint density at radius 2 is 1.65 bits per heavy atom. The van der Waals surface area contributed by atoms with Crippen LogP contribution in [0.1, 0.15) is 27.2 Å². The van der Waals surface area contributed by atoms with Gasteiger partial charge in [-0.05, 0) is 27.2 Å². The maximum absolute atomic E-state index is 5.66. The van der Waals surface area contributed by atoms with Gasteiger partial charge < -0.3 is 17.8 Å². The summed E-state index contributed by atoms with van der Waals surface area (Å²) in [6, 6.07) is 0.812. The molecule has 0 aliphatic rings. The van der Waals surface area contributed by atoms with Gasteiger partial charge in [-0.2, -0.15) is 0 Å². The predicted molar refractivity (Wildman–Crippen MR) is 84.0 cm³/mol. The summed E-state index contributed by atoms with van der Waals surface area (Å²) in [5, 5.41) is 0. The molecule has 0 bridgehead atoms. The van der Waals surface area contributed by atoms with E-state index >= 15 is 0 Å². The van der Waals surface area contributed by atoms with Crippen LogP contribution in [-0.4, -0.2) is 44.1 Å². The summed E-state index contributed by atoms with van der Waals surface area (Å²) in [5.41, 5.74) is 0. The molecule has 1 heterocycles. The number of aryl methyl sites for hydroxylation is 1. The topological polar surface area (TPSA) is 45.5 Å². The Labute approximate surface area is 128 Å². The van der Waals surface area contributed by atoms with Crippen molar-refractivity contribution in [3.63, 3.8) is 0 Å². The van der Waals surface area contributed by atoms with E-state index < -0.39 is 8.80 Å². The number of imidazole rings is 1. The van der Waals surface area contributed by atoms with E-state index in [-0.39, 0.29) is 0 Å². The van der Waals surface area contributed by atoms with Crippen LogP contribution in [0.5, 0.6) is 0 Å². The van der Waals surface area contributed by atoms with Crippen LogP contribution in [-0.2, 0) is 20.3 Å². The Bertz CT molecular complexity index is 296. The molecule has 0 radical (unpaired) electrons. The van der Waals surface area contributed by atoms with Gasteiger partial charge in [0.15, 0.2) is 0 Å². The molecule has 0 aromatic carbocycles. The van der Waals surface area contributed by atoms with Crippen LogP contribution in [0.25, 0.3) is 0 Å². The lowest BCUT2D eigenvalue weighted by Crippen LogP contribution is -2.46. The Kier molecular flexibility index (Phi) is 12.1. The first-order valence-corrected chi connectivity index (χ1v) is 9.50. The first kappa shape index (κ1) is 19.6. The van der Waals surface area contributed by atoms with Gasteiger partial charge in [0.2, 0.25) is 0 Å². The van der Waals surface area contributed by atoms with E-state index in [1.165, 1.54) is 0 Å². The molecule has 0 saturated heterocycles. The van der Waals surface area contributed by atoms with E-state index in [0.29, 0.717) is 25.7 Å². The van der Waals surface area contributed by atoms with Crippen LogP contribution in [0.4, 0.5) is 0 Å². The van der Waals surface area contributed by atoms with Crippen molar-refractivity contribution >= 4 is 20.4 Å². The molecule has 0 fully saturated rings. The van der Waals surface area contributed by atoms with Crippen LogP contribution in [0.3, 0.4) is 0 Å². The largest absolute Gasteiger partial charge is 0.500 e. The molecule has 0 saturated carbocycles. The second kappa shape index (κ2) is 12.3. The minimum Gasteiger partial charge on any atom is -0.374 e. The Morgan fingerprint density at radius 1 is 1.10 bits per heavy atom. The number of hydrogen-bond donors (Lipinski definition) is 0. The minimum absolute atomic E-state index is 0.627. The third-order valence-corrected chi connectivity index (χ3v) is 5.76. The fraction of sp³-hybridized carbons (Fsp3) is 0.769. The van der Waals surface area contributed by atoms with Gasteiger partial charge in [0.1, 0.15) is 0 Å². The monoisotopic (exact) mass is 322 g/mol. The molecule has 0 unspecified atom stereocenters. The molecule has 5 nitrogen and oxygen atoms in total. The van der Waals surface area contributed by atoms with Gasteiger partial charge in [-0.25, -0.2) is 4.98 Å². The number of aromatic nitrogens is 2. The van der Waals surface area contributed by atoms with E-state index in [4.69, 9.17) is 24.9 Å². The fourth-order valence-electron chi connectivity index (χ4n) is 1.61. The standard InChI is InChI=1S/C9H21ClO3Si.C4H6N2/c1-4-11-14(12-5-2,13-6-3)9-7-8-10;1-6-3-2-5-4-6/h4-9H2,1-3H3;2-4H,1H3. The third kappa shape index (κ3) is 8.71. The summed E-state index contributed by atoms with van der Waals surface area (Å²) < 4.78 is 18.8. The van der Waals surface area contributed by atoms with Crippen molar-refractivity contribution in [1.29, 1.82) is 0 Å². The Hall–Kier alpha value is -0.403. The van der Waals surface area contributed by atoms with Gasteiger partial charge in [-0.3, -0.25) is 0 Å². The molecule has 1 aromatic heterocycles. The predicted octanol–water partition coefficient (Wildman–Crippen LogP) is 3.08. The Balaban J connectivity index is 0.000000493. The summed E-state index contributed by atoms with van der Waals surface area (Å²) in [5.74, 6) is 0.627. The molecule has 20 heavy (non-hydrogen) atoms. The van der Waals surface area contributed by atoms with Crippen molar-refractivity contribution in [2.75, 3.05) is 25.7 Å². The van der Waals surface area contributed by atoms with Crippen molar-refractivity contribution in [3.8, 4) is 0 Å². The van der Waals surface area contributed by atoms with Crippen LogP contribution >= 0.6 is 11.6 Å². The first-order valence-electron chi connectivity index (χ1n) is 7.03. The molecule has 0 N–H and O–H groups in total. The number of nitrogens with zero attached hydrogens (tertiary/aromatic N) is 2. The SMILES string of the molecule is CCO[Si](CCCCl)(OCC)OCC.Cn1ccnc1. The number of hydrogen-bond acceptors (Lipinski definition) is 4. The minimum atomic E-state index is -2.40. The van der Waals surface area contributed by atoms with Gasteiger partial charge in [-0.15, -0.1) is 11.6 Å². The number of alkyl halides is 1. The highest BCUT2D eigenvalue weighted by Crippen LogP contribution is 2.18. The zero-order valence-electron chi connectivity index (χ0n) is 13.0. The lowest BCUT2D eigenvalue weighted by atomic mass is 10.6. The lowest BCUT2D eigenvalue weighted by Gasteiger charge is -2.28. The van der Waals surface area contributed by atoms with E-state index in [2.05, 4.69) is 4.98 Å². The Morgan fingerprint density at radius 3 is 1.90 bits per heavy atom. The second-order valence-corrected chi connectivity index (χ2v) is 7.11. The quantitative estimate of drug-likeness (QED) is 0.518. The van der Waals surface area contributed by atoms with Crippen molar-refractivity contribution in [2.45, 2.75) is 33.2 Å². The van der Waals surface area contributed by atoms with E-state index in [1.54, 1.807) is 12.5 Å². The molecule has 7 heteroatoms. The summed E-state index contributed by atoms with van der Waals surface area (Å²) in [4.78, 5) is 3.78. The maximum atomic E-state index is 5.66.